The third kappa shape index (κ3) is 4.72. The summed E-state index contributed by atoms with van der Waals surface area (Å²) in [6.07, 6.45) is 4.82. The number of rotatable bonds is 6. The van der Waals surface area contributed by atoms with E-state index in [4.69, 9.17) is 0 Å². The maximum atomic E-state index is 12.4. The molecule has 1 aliphatic rings. The lowest BCUT2D eigenvalue weighted by atomic mass is 10.00. The Labute approximate surface area is 145 Å². The predicted molar refractivity (Wildman–Crippen MR) is 98.0 cm³/mol. The standard InChI is InChI=1S/C18H28N2O3S/c1-13(2)7-8-14(3)19-18(21)16-9-10-17-15(12-16)6-5-11-20(17)24(4,22)23/h9-10,12-14H,5-8,11H2,1-4H3,(H,19,21)/t14-/m1/s1. The molecule has 0 fully saturated rings. The SMILES string of the molecule is CC(C)CC[C@@H](C)NC(=O)c1ccc2c(c1)CCCN2S(C)(=O)=O. The molecule has 0 radical (unpaired) electrons. The van der Waals surface area contributed by atoms with Crippen LogP contribution in [0, 0.1) is 5.92 Å². The molecule has 2 rings (SSSR count). The maximum Gasteiger partial charge on any atom is 0.251 e. The first-order valence-electron chi connectivity index (χ1n) is 8.60. The van der Waals surface area contributed by atoms with Gasteiger partial charge in [0, 0.05) is 18.2 Å². The van der Waals surface area contributed by atoms with Crippen LogP contribution in [-0.2, 0) is 16.4 Å². The molecule has 1 aliphatic heterocycles. The monoisotopic (exact) mass is 352 g/mol. The van der Waals surface area contributed by atoms with Gasteiger partial charge in [-0.3, -0.25) is 9.10 Å². The van der Waals surface area contributed by atoms with Crippen molar-refractivity contribution >= 4 is 21.6 Å². The molecule has 0 bridgehead atoms. The van der Waals surface area contributed by atoms with Crippen LogP contribution in [-0.4, -0.2) is 33.2 Å². The molecule has 5 nitrogen and oxygen atoms in total. The smallest absolute Gasteiger partial charge is 0.251 e. The molecule has 1 N–H and O–H groups in total. The van der Waals surface area contributed by atoms with E-state index in [-0.39, 0.29) is 11.9 Å². The van der Waals surface area contributed by atoms with Gasteiger partial charge in [-0.15, -0.1) is 0 Å². The fourth-order valence-corrected chi connectivity index (χ4v) is 4.01. The van der Waals surface area contributed by atoms with E-state index in [1.165, 1.54) is 10.6 Å². The lowest BCUT2D eigenvalue weighted by molar-refractivity contribution is 0.0937. The van der Waals surface area contributed by atoms with Crippen LogP contribution in [0.2, 0.25) is 0 Å². The highest BCUT2D eigenvalue weighted by molar-refractivity contribution is 7.92. The molecule has 0 saturated carbocycles. The highest BCUT2D eigenvalue weighted by Gasteiger charge is 2.24. The summed E-state index contributed by atoms with van der Waals surface area (Å²) in [7, 11) is -3.27. The van der Waals surface area contributed by atoms with Crippen molar-refractivity contribution in [2.45, 2.75) is 52.5 Å². The molecular formula is C18H28N2O3S. The number of nitrogens with zero attached hydrogens (tertiary/aromatic N) is 1. The Hall–Kier alpha value is -1.56. The highest BCUT2D eigenvalue weighted by Crippen LogP contribution is 2.29. The van der Waals surface area contributed by atoms with Gasteiger partial charge in [0.25, 0.3) is 5.91 Å². The second kappa shape index (κ2) is 7.55. The quantitative estimate of drug-likeness (QED) is 0.856. The zero-order valence-electron chi connectivity index (χ0n) is 15.0. The fourth-order valence-electron chi connectivity index (χ4n) is 3.01. The van der Waals surface area contributed by atoms with Gasteiger partial charge in [-0.1, -0.05) is 13.8 Å². The Morgan fingerprint density at radius 2 is 1.96 bits per heavy atom. The van der Waals surface area contributed by atoms with Crippen molar-refractivity contribution in [1.29, 1.82) is 0 Å². The molecule has 24 heavy (non-hydrogen) atoms. The van der Waals surface area contributed by atoms with Crippen LogP contribution in [0.1, 0.15) is 56.0 Å². The summed E-state index contributed by atoms with van der Waals surface area (Å²) in [4.78, 5) is 12.4. The second-order valence-corrected chi connectivity index (χ2v) is 9.03. The topological polar surface area (TPSA) is 66.5 Å². The number of benzene rings is 1. The van der Waals surface area contributed by atoms with E-state index < -0.39 is 10.0 Å². The summed E-state index contributed by atoms with van der Waals surface area (Å²) in [6.45, 7) is 6.87. The molecule has 1 aromatic carbocycles. The van der Waals surface area contributed by atoms with E-state index in [2.05, 4.69) is 19.2 Å². The van der Waals surface area contributed by atoms with Crippen molar-refractivity contribution in [3.8, 4) is 0 Å². The van der Waals surface area contributed by atoms with Crippen LogP contribution >= 0.6 is 0 Å². The number of hydrogen-bond acceptors (Lipinski definition) is 3. The van der Waals surface area contributed by atoms with Crippen LogP contribution in [0.15, 0.2) is 18.2 Å². The van der Waals surface area contributed by atoms with E-state index >= 15 is 0 Å². The van der Waals surface area contributed by atoms with Crippen molar-refractivity contribution in [1.82, 2.24) is 5.32 Å². The molecule has 1 amide bonds. The average Bonchev–Trinajstić information content (AvgIpc) is 2.50. The third-order valence-electron chi connectivity index (χ3n) is 4.37. The summed E-state index contributed by atoms with van der Waals surface area (Å²) in [5.74, 6) is 0.528. The molecule has 1 heterocycles. The lowest BCUT2D eigenvalue weighted by Crippen LogP contribution is -2.35. The Bertz CT molecular complexity index is 698. The third-order valence-corrected chi connectivity index (χ3v) is 5.55. The van der Waals surface area contributed by atoms with Crippen LogP contribution in [0.5, 0.6) is 0 Å². The minimum absolute atomic E-state index is 0.0921. The number of amides is 1. The number of hydrogen-bond donors (Lipinski definition) is 1. The number of sulfonamides is 1. The number of carbonyl (C=O) groups excluding carboxylic acids is 1. The summed E-state index contributed by atoms with van der Waals surface area (Å²) in [5, 5.41) is 3.03. The van der Waals surface area contributed by atoms with E-state index in [1.54, 1.807) is 12.1 Å². The predicted octanol–water partition coefficient (Wildman–Crippen LogP) is 2.95. The second-order valence-electron chi connectivity index (χ2n) is 7.13. The summed E-state index contributed by atoms with van der Waals surface area (Å²) < 4.78 is 25.2. The molecule has 134 valence electrons. The molecule has 0 aliphatic carbocycles. The Morgan fingerprint density at radius 1 is 1.25 bits per heavy atom. The maximum absolute atomic E-state index is 12.4. The average molecular weight is 353 g/mol. The summed E-state index contributed by atoms with van der Waals surface area (Å²) in [5.41, 5.74) is 2.22. The number of anilines is 1. The number of fused-ring (bicyclic) bond motifs is 1. The van der Waals surface area contributed by atoms with Crippen molar-refractivity contribution in [3.63, 3.8) is 0 Å². The Balaban J connectivity index is 2.12. The minimum atomic E-state index is -3.27. The zero-order valence-corrected chi connectivity index (χ0v) is 15.8. The molecule has 0 aromatic heterocycles. The zero-order chi connectivity index (χ0) is 17.9. The van der Waals surface area contributed by atoms with Gasteiger partial charge in [0.1, 0.15) is 0 Å². The molecule has 0 spiro atoms. The molecule has 0 unspecified atom stereocenters. The summed E-state index contributed by atoms with van der Waals surface area (Å²) >= 11 is 0. The van der Waals surface area contributed by atoms with Crippen LogP contribution in [0.4, 0.5) is 5.69 Å². The van der Waals surface area contributed by atoms with Gasteiger partial charge in [-0.2, -0.15) is 0 Å². The van der Waals surface area contributed by atoms with E-state index in [0.717, 1.165) is 31.2 Å². The van der Waals surface area contributed by atoms with E-state index in [1.807, 2.05) is 13.0 Å². The Morgan fingerprint density at radius 3 is 2.58 bits per heavy atom. The van der Waals surface area contributed by atoms with Gasteiger partial charge in [0.15, 0.2) is 0 Å². The van der Waals surface area contributed by atoms with Crippen molar-refractivity contribution < 1.29 is 13.2 Å². The first kappa shape index (κ1) is 18.8. The van der Waals surface area contributed by atoms with E-state index in [9.17, 15) is 13.2 Å². The van der Waals surface area contributed by atoms with Crippen LogP contribution < -0.4 is 9.62 Å². The van der Waals surface area contributed by atoms with Gasteiger partial charge >= 0.3 is 0 Å². The van der Waals surface area contributed by atoms with E-state index in [0.29, 0.717) is 23.7 Å². The molecule has 0 saturated heterocycles. The fraction of sp³-hybridized carbons (Fsp3) is 0.611. The van der Waals surface area contributed by atoms with Gasteiger partial charge < -0.3 is 5.32 Å². The summed E-state index contributed by atoms with van der Waals surface area (Å²) in [6, 6.07) is 5.43. The van der Waals surface area contributed by atoms with Gasteiger partial charge in [0.2, 0.25) is 10.0 Å². The molecule has 1 atom stereocenters. The van der Waals surface area contributed by atoms with Crippen molar-refractivity contribution in [3.05, 3.63) is 29.3 Å². The molecule has 6 heteroatoms. The Kier molecular flexibility index (Phi) is 5.91. The highest BCUT2D eigenvalue weighted by atomic mass is 32.2. The lowest BCUT2D eigenvalue weighted by Gasteiger charge is -2.29. The normalized spacial score (nSPS) is 16.0. The largest absolute Gasteiger partial charge is 0.350 e. The van der Waals surface area contributed by atoms with Gasteiger partial charge in [-0.05, 0) is 62.3 Å². The van der Waals surface area contributed by atoms with Crippen molar-refractivity contribution in [2.75, 3.05) is 17.1 Å². The van der Waals surface area contributed by atoms with Crippen molar-refractivity contribution in [2.24, 2.45) is 5.92 Å². The van der Waals surface area contributed by atoms with Crippen LogP contribution in [0.25, 0.3) is 0 Å². The number of nitrogens with one attached hydrogen (secondary N) is 1. The van der Waals surface area contributed by atoms with Gasteiger partial charge in [0.05, 0.1) is 11.9 Å². The minimum Gasteiger partial charge on any atom is -0.350 e. The first-order valence-corrected chi connectivity index (χ1v) is 10.4. The van der Waals surface area contributed by atoms with Gasteiger partial charge in [-0.25, -0.2) is 8.42 Å². The molecular weight excluding hydrogens is 324 g/mol. The van der Waals surface area contributed by atoms with Crippen LogP contribution in [0.3, 0.4) is 0 Å². The number of carbonyl (C=O) groups is 1. The first-order chi connectivity index (χ1) is 11.2. The molecule has 1 aromatic rings. The number of aryl methyl sites for hydroxylation is 1.